The molecule has 0 atom stereocenters. The summed E-state index contributed by atoms with van der Waals surface area (Å²) < 4.78 is 49.2. The van der Waals surface area contributed by atoms with E-state index < -0.39 is 25.0 Å². The third-order valence-corrected chi connectivity index (χ3v) is 3.64. The standard InChI is InChI=1S/C18H14F2O7/c1-23-15-6-10(2-5-14(15)27-18(19)20)12(21)8-24-17(22)11-3-4-13-16(7-11)26-9-25-13/h2-7,18H,8-9H2,1H3. The molecule has 0 bridgehead atoms. The largest absolute Gasteiger partial charge is 0.493 e. The van der Waals surface area contributed by atoms with Crippen LogP contribution in [0.25, 0.3) is 0 Å². The highest BCUT2D eigenvalue weighted by molar-refractivity contribution is 6.00. The van der Waals surface area contributed by atoms with Crippen LogP contribution in [-0.4, -0.2) is 38.9 Å². The molecule has 142 valence electrons. The van der Waals surface area contributed by atoms with E-state index >= 15 is 0 Å². The minimum absolute atomic E-state index is 0.0387. The first-order valence-corrected chi connectivity index (χ1v) is 7.70. The first-order valence-electron chi connectivity index (χ1n) is 7.70. The van der Waals surface area contributed by atoms with Crippen LogP contribution in [0, 0.1) is 0 Å². The Hall–Kier alpha value is -3.36. The lowest BCUT2D eigenvalue weighted by Crippen LogP contribution is -2.14. The van der Waals surface area contributed by atoms with Gasteiger partial charge in [-0.3, -0.25) is 4.79 Å². The van der Waals surface area contributed by atoms with Crippen LogP contribution in [0.5, 0.6) is 23.0 Å². The Morgan fingerprint density at radius 3 is 2.52 bits per heavy atom. The fraction of sp³-hybridized carbons (Fsp3) is 0.222. The number of Topliss-reactive ketones (excluding diaryl/α,β-unsaturated/α-hetero) is 1. The summed E-state index contributed by atoms with van der Waals surface area (Å²) in [6.45, 7) is -3.49. The minimum atomic E-state index is -3.02. The molecule has 1 aliphatic rings. The summed E-state index contributed by atoms with van der Waals surface area (Å²) in [5, 5.41) is 0. The lowest BCUT2D eigenvalue weighted by molar-refractivity contribution is -0.0512. The quantitative estimate of drug-likeness (QED) is 0.539. The van der Waals surface area contributed by atoms with E-state index in [1.165, 1.54) is 37.4 Å². The van der Waals surface area contributed by atoms with E-state index in [2.05, 4.69) is 4.74 Å². The number of benzene rings is 2. The third-order valence-electron chi connectivity index (χ3n) is 3.64. The van der Waals surface area contributed by atoms with Crippen molar-refractivity contribution in [2.24, 2.45) is 0 Å². The zero-order valence-electron chi connectivity index (χ0n) is 14.1. The van der Waals surface area contributed by atoms with Crippen molar-refractivity contribution < 1.29 is 42.1 Å². The number of carbonyl (C=O) groups excluding carboxylic acids is 2. The van der Waals surface area contributed by atoms with E-state index in [0.717, 1.165) is 0 Å². The van der Waals surface area contributed by atoms with Gasteiger partial charge in [0.1, 0.15) is 0 Å². The number of ether oxygens (including phenoxy) is 5. The Bertz CT molecular complexity index is 867. The monoisotopic (exact) mass is 380 g/mol. The maximum atomic E-state index is 12.3. The first-order chi connectivity index (χ1) is 13.0. The number of methoxy groups -OCH3 is 1. The van der Waals surface area contributed by atoms with Gasteiger partial charge in [0.2, 0.25) is 6.79 Å². The van der Waals surface area contributed by atoms with Gasteiger partial charge in [-0.25, -0.2) is 4.79 Å². The maximum Gasteiger partial charge on any atom is 0.387 e. The lowest BCUT2D eigenvalue weighted by atomic mass is 10.1. The number of esters is 1. The Morgan fingerprint density at radius 1 is 1.04 bits per heavy atom. The van der Waals surface area contributed by atoms with Crippen LogP contribution in [0.1, 0.15) is 20.7 Å². The molecule has 0 saturated carbocycles. The number of alkyl halides is 2. The first kappa shape index (κ1) is 18.4. The number of hydrogen-bond donors (Lipinski definition) is 0. The van der Waals surface area contributed by atoms with Crippen LogP contribution < -0.4 is 18.9 Å². The van der Waals surface area contributed by atoms with Crippen molar-refractivity contribution in [3.8, 4) is 23.0 Å². The van der Waals surface area contributed by atoms with Crippen LogP contribution in [0.15, 0.2) is 36.4 Å². The summed E-state index contributed by atoms with van der Waals surface area (Å²) in [5.41, 5.74) is 0.317. The van der Waals surface area contributed by atoms with Crippen molar-refractivity contribution >= 4 is 11.8 Å². The molecule has 0 fully saturated rings. The number of hydrogen-bond acceptors (Lipinski definition) is 7. The van der Waals surface area contributed by atoms with Crippen LogP contribution in [0.3, 0.4) is 0 Å². The number of halogens is 2. The molecule has 1 heterocycles. The van der Waals surface area contributed by atoms with E-state index in [1.807, 2.05) is 0 Å². The topological polar surface area (TPSA) is 80.3 Å². The molecule has 0 N–H and O–H groups in total. The summed E-state index contributed by atoms with van der Waals surface area (Å²) >= 11 is 0. The zero-order chi connectivity index (χ0) is 19.4. The second kappa shape index (κ2) is 7.90. The summed E-state index contributed by atoms with van der Waals surface area (Å²) in [7, 11) is 1.25. The van der Waals surface area contributed by atoms with E-state index in [-0.39, 0.29) is 29.4 Å². The molecule has 0 aromatic heterocycles. The Labute approximate surface area is 152 Å². The van der Waals surface area contributed by atoms with Crippen LogP contribution in [-0.2, 0) is 4.74 Å². The van der Waals surface area contributed by atoms with Crippen molar-refractivity contribution in [3.05, 3.63) is 47.5 Å². The molecule has 2 aromatic carbocycles. The molecule has 1 aliphatic heterocycles. The molecule has 7 nitrogen and oxygen atoms in total. The average Bonchev–Trinajstić information content (AvgIpc) is 3.13. The predicted molar refractivity (Wildman–Crippen MR) is 86.8 cm³/mol. The predicted octanol–water partition coefficient (Wildman–Crippen LogP) is 3.07. The molecule has 3 rings (SSSR count). The molecule has 0 spiro atoms. The van der Waals surface area contributed by atoms with E-state index in [1.54, 1.807) is 6.07 Å². The molecule has 2 aromatic rings. The maximum absolute atomic E-state index is 12.3. The van der Waals surface area contributed by atoms with Gasteiger partial charge in [-0.15, -0.1) is 0 Å². The van der Waals surface area contributed by atoms with Gasteiger partial charge in [0.25, 0.3) is 0 Å². The summed E-state index contributed by atoms with van der Waals surface area (Å²) in [4.78, 5) is 24.3. The van der Waals surface area contributed by atoms with Gasteiger partial charge >= 0.3 is 12.6 Å². The third kappa shape index (κ3) is 4.25. The van der Waals surface area contributed by atoms with E-state index in [9.17, 15) is 18.4 Å². The van der Waals surface area contributed by atoms with Gasteiger partial charge in [0, 0.05) is 5.56 Å². The Balaban J connectivity index is 1.64. The second-order valence-electron chi connectivity index (χ2n) is 5.31. The Morgan fingerprint density at radius 2 is 1.78 bits per heavy atom. The zero-order valence-corrected chi connectivity index (χ0v) is 14.1. The van der Waals surface area contributed by atoms with Gasteiger partial charge in [-0.05, 0) is 36.4 Å². The van der Waals surface area contributed by atoms with Crippen molar-refractivity contribution in [1.82, 2.24) is 0 Å². The van der Waals surface area contributed by atoms with Gasteiger partial charge in [0.15, 0.2) is 35.4 Å². The molecular formula is C18H14F2O7. The van der Waals surface area contributed by atoms with Gasteiger partial charge in [0.05, 0.1) is 12.7 Å². The van der Waals surface area contributed by atoms with Gasteiger partial charge in [-0.1, -0.05) is 0 Å². The smallest absolute Gasteiger partial charge is 0.387 e. The Kier molecular flexibility index (Phi) is 5.39. The second-order valence-corrected chi connectivity index (χ2v) is 5.31. The number of carbonyl (C=O) groups is 2. The normalized spacial score (nSPS) is 12.0. The summed E-state index contributed by atoms with van der Waals surface area (Å²) in [5.74, 6) is -0.571. The lowest BCUT2D eigenvalue weighted by Gasteiger charge is -2.11. The van der Waals surface area contributed by atoms with E-state index in [4.69, 9.17) is 18.9 Å². The molecule has 0 amide bonds. The van der Waals surface area contributed by atoms with Crippen LogP contribution in [0.4, 0.5) is 8.78 Å². The number of ketones is 1. The van der Waals surface area contributed by atoms with E-state index in [0.29, 0.717) is 11.5 Å². The van der Waals surface area contributed by atoms with Gasteiger partial charge in [-0.2, -0.15) is 8.78 Å². The van der Waals surface area contributed by atoms with Crippen molar-refractivity contribution in [2.45, 2.75) is 6.61 Å². The van der Waals surface area contributed by atoms with Crippen molar-refractivity contribution in [1.29, 1.82) is 0 Å². The van der Waals surface area contributed by atoms with Crippen LogP contribution in [0.2, 0.25) is 0 Å². The number of rotatable bonds is 7. The van der Waals surface area contributed by atoms with Crippen LogP contribution >= 0.6 is 0 Å². The average molecular weight is 380 g/mol. The molecule has 0 saturated heterocycles. The molecule has 9 heteroatoms. The fourth-order valence-corrected chi connectivity index (χ4v) is 2.36. The summed E-state index contributed by atoms with van der Waals surface area (Å²) in [6.07, 6.45) is 0. The highest BCUT2D eigenvalue weighted by Gasteiger charge is 2.19. The van der Waals surface area contributed by atoms with Crippen molar-refractivity contribution in [3.63, 3.8) is 0 Å². The number of fused-ring (bicyclic) bond motifs is 1. The molecule has 27 heavy (non-hydrogen) atoms. The molecule has 0 unspecified atom stereocenters. The molecule has 0 aliphatic carbocycles. The highest BCUT2D eigenvalue weighted by atomic mass is 19.3. The molecule has 0 radical (unpaired) electrons. The van der Waals surface area contributed by atoms with Crippen molar-refractivity contribution in [2.75, 3.05) is 20.5 Å². The fourth-order valence-electron chi connectivity index (χ4n) is 2.36. The highest BCUT2D eigenvalue weighted by Crippen LogP contribution is 2.33. The SMILES string of the molecule is COc1cc(C(=O)COC(=O)c2ccc3c(c2)OCO3)ccc1OC(F)F. The van der Waals surface area contributed by atoms with Gasteiger partial charge < -0.3 is 23.7 Å². The summed E-state index contributed by atoms with van der Waals surface area (Å²) in [6, 6.07) is 8.19. The molecular weight excluding hydrogens is 366 g/mol. The minimum Gasteiger partial charge on any atom is -0.493 e.